The molecule has 12 heteroatoms. The van der Waals surface area contributed by atoms with E-state index in [9.17, 15) is 21.6 Å². The zero-order valence-corrected chi connectivity index (χ0v) is 15.9. The highest BCUT2D eigenvalue weighted by Gasteiger charge is 2.44. The van der Waals surface area contributed by atoms with Crippen molar-refractivity contribution in [2.75, 3.05) is 45.9 Å². The molecule has 0 spiro atoms. The van der Waals surface area contributed by atoms with Gasteiger partial charge in [0.05, 0.1) is 0 Å². The zero-order valence-electron chi connectivity index (χ0n) is 14.3. The lowest BCUT2D eigenvalue weighted by Crippen LogP contribution is -2.57. The van der Waals surface area contributed by atoms with Crippen molar-refractivity contribution >= 4 is 22.4 Å². The second-order valence-electron chi connectivity index (χ2n) is 5.98. The van der Waals surface area contributed by atoms with Gasteiger partial charge in [0.25, 0.3) is 0 Å². The fourth-order valence-electron chi connectivity index (χ4n) is 2.97. The van der Waals surface area contributed by atoms with Gasteiger partial charge in [-0.2, -0.15) is 13.2 Å². The summed E-state index contributed by atoms with van der Waals surface area (Å²) < 4.78 is 78.1. The first kappa shape index (κ1) is 22.0. The number of nitrogens with zero attached hydrogens (tertiary/aromatic N) is 1. The maximum Gasteiger partial charge on any atom is 0.405 e. The van der Waals surface area contributed by atoms with Crippen LogP contribution in [0.1, 0.15) is 0 Å². The minimum Gasteiger partial charge on any atom is -0.486 e. The predicted octanol–water partition coefficient (Wildman–Crippen LogP) is 0.994. The molecular weight excluding hydrogens is 411 g/mol. The first-order valence-corrected chi connectivity index (χ1v) is 9.67. The highest BCUT2D eigenvalue weighted by molar-refractivity contribution is 7.89. The van der Waals surface area contributed by atoms with E-state index in [2.05, 4.69) is 10.0 Å². The summed E-state index contributed by atoms with van der Waals surface area (Å²) in [5.41, 5.74) is 0. The lowest BCUT2D eigenvalue weighted by Gasteiger charge is -2.35. The number of alkyl halides is 3. The smallest absolute Gasteiger partial charge is 0.405 e. The van der Waals surface area contributed by atoms with E-state index in [1.807, 2.05) is 0 Å². The molecule has 0 saturated carbocycles. The second kappa shape index (κ2) is 8.82. The number of ether oxygens (including phenoxy) is 2. The summed E-state index contributed by atoms with van der Waals surface area (Å²) in [7, 11) is -4.19. The van der Waals surface area contributed by atoms with E-state index in [-0.39, 0.29) is 55.1 Å². The number of benzene rings is 1. The third-order valence-corrected chi connectivity index (χ3v) is 5.70. The number of nitrogens with one attached hydrogen (secondary N) is 2. The van der Waals surface area contributed by atoms with E-state index in [1.165, 1.54) is 17.0 Å². The molecule has 2 aliphatic heterocycles. The van der Waals surface area contributed by atoms with Gasteiger partial charge in [0.2, 0.25) is 10.0 Å². The number of fused-ring (bicyclic) bond motifs is 1. The van der Waals surface area contributed by atoms with Gasteiger partial charge in [0, 0.05) is 32.7 Å². The fraction of sp³-hybridized carbons (Fsp3) is 0.600. The largest absolute Gasteiger partial charge is 0.486 e. The highest BCUT2D eigenvalue weighted by atomic mass is 35.5. The van der Waals surface area contributed by atoms with Crippen LogP contribution >= 0.6 is 12.4 Å². The molecule has 154 valence electrons. The van der Waals surface area contributed by atoms with Crippen LogP contribution in [0.15, 0.2) is 23.1 Å². The Morgan fingerprint density at radius 1 is 1.19 bits per heavy atom. The number of hydrogen-bond donors (Lipinski definition) is 2. The molecule has 1 aromatic rings. The number of halogens is 4. The molecule has 1 aromatic carbocycles. The van der Waals surface area contributed by atoms with Gasteiger partial charge in [-0.3, -0.25) is 4.90 Å². The number of rotatable bonds is 5. The monoisotopic (exact) mass is 431 g/mol. The molecule has 1 unspecified atom stereocenters. The molecule has 1 fully saturated rings. The van der Waals surface area contributed by atoms with Crippen LogP contribution in [0.25, 0.3) is 0 Å². The molecule has 2 N–H and O–H groups in total. The van der Waals surface area contributed by atoms with Gasteiger partial charge in [-0.25, -0.2) is 13.1 Å². The van der Waals surface area contributed by atoms with Crippen molar-refractivity contribution in [3.8, 4) is 11.5 Å². The molecule has 2 heterocycles. The molecule has 3 rings (SSSR count). The van der Waals surface area contributed by atoms with Crippen molar-refractivity contribution in [2.45, 2.75) is 17.1 Å². The molecule has 0 aromatic heterocycles. The third-order valence-electron chi connectivity index (χ3n) is 4.26. The van der Waals surface area contributed by atoms with Crippen molar-refractivity contribution in [1.29, 1.82) is 0 Å². The summed E-state index contributed by atoms with van der Waals surface area (Å²) in [4.78, 5) is 1.01. The van der Waals surface area contributed by atoms with E-state index >= 15 is 0 Å². The number of hydrogen-bond acceptors (Lipinski definition) is 6. The SMILES string of the molecule is Cl.O=S(=O)(NCC(N1CCNCC1)C(F)(F)F)c1cccc2c1OCCO2. The van der Waals surface area contributed by atoms with Crippen molar-refractivity contribution in [2.24, 2.45) is 0 Å². The molecule has 1 atom stereocenters. The average molecular weight is 432 g/mol. The second-order valence-corrected chi connectivity index (χ2v) is 7.71. The van der Waals surface area contributed by atoms with Gasteiger partial charge >= 0.3 is 6.18 Å². The topological polar surface area (TPSA) is 79.9 Å². The van der Waals surface area contributed by atoms with E-state index in [0.717, 1.165) is 0 Å². The predicted molar refractivity (Wildman–Crippen MR) is 94.2 cm³/mol. The van der Waals surface area contributed by atoms with Crippen LogP contribution < -0.4 is 19.5 Å². The summed E-state index contributed by atoms with van der Waals surface area (Å²) in [5.74, 6) is 0.283. The third kappa shape index (κ3) is 5.17. The average Bonchev–Trinajstić information content (AvgIpc) is 2.61. The van der Waals surface area contributed by atoms with Crippen molar-refractivity contribution in [3.63, 3.8) is 0 Å². The van der Waals surface area contributed by atoms with Crippen molar-refractivity contribution in [3.05, 3.63) is 18.2 Å². The Bertz CT molecular complexity index is 742. The van der Waals surface area contributed by atoms with Crippen LogP contribution in [-0.2, 0) is 10.0 Å². The van der Waals surface area contributed by atoms with Gasteiger partial charge in [-0.05, 0) is 12.1 Å². The van der Waals surface area contributed by atoms with Crippen molar-refractivity contribution in [1.82, 2.24) is 14.9 Å². The van der Waals surface area contributed by atoms with E-state index in [1.54, 1.807) is 6.07 Å². The van der Waals surface area contributed by atoms with E-state index in [0.29, 0.717) is 13.1 Å². The van der Waals surface area contributed by atoms with E-state index < -0.39 is 28.8 Å². The molecule has 0 bridgehead atoms. The molecule has 2 aliphatic rings. The Kier molecular flexibility index (Phi) is 7.20. The van der Waals surface area contributed by atoms with Gasteiger partial charge in [0.1, 0.15) is 24.2 Å². The molecule has 1 saturated heterocycles. The first-order valence-electron chi connectivity index (χ1n) is 8.19. The molecule has 0 aliphatic carbocycles. The lowest BCUT2D eigenvalue weighted by atomic mass is 10.2. The van der Waals surface area contributed by atoms with Crippen LogP contribution in [0.4, 0.5) is 13.2 Å². The number of sulfonamides is 1. The molecular formula is C15H21ClF3N3O4S. The molecule has 0 radical (unpaired) electrons. The maximum absolute atomic E-state index is 13.4. The summed E-state index contributed by atoms with van der Waals surface area (Å²) >= 11 is 0. The fourth-order valence-corrected chi connectivity index (χ4v) is 4.16. The molecule has 27 heavy (non-hydrogen) atoms. The van der Waals surface area contributed by atoms with Gasteiger partial charge in [-0.15, -0.1) is 12.4 Å². The standard InChI is InChI=1S/C15H20F3N3O4S.ClH/c16-15(17,18)13(21-6-4-19-5-7-21)10-20-26(22,23)12-3-1-2-11-14(12)25-9-8-24-11;/h1-3,13,19-20H,4-10H2;1H. The lowest BCUT2D eigenvalue weighted by molar-refractivity contribution is -0.182. The number of piperazine rings is 1. The van der Waals surface area contributed by atoms with E-state index in [4.69, 9.17) is 9.47 Å². The van der Waals surface area contributed by atoms with Crippen molar-refractivity contribution < 1.29 is 31.1 Å². The molecule has 0 amide bonds. The Morgan fingerprint density at radius 2 is 1.85 bits per heavy atom. The Labute approximate surface area is 161 Å². The van der Waals surface area contributed by atoms with Gasteiger partial charge in [0.15, 0.2) is 11.5 Å². The maximum atomic E-state index is 13.4. The summed E-state index contributed by atoms with van der Waals surface area (Å²) in [5, 5.41) is 2.98. The van der Waals surface area contributed by atoms with Crippen LogP contribution in [0.5, 0.6) is 11.5 Å². The Hall–Kier alpha value is -1.27. The van der Waals surface area contributed by atoms with Gasteiger partial charge in [-0.1, -0.05) is 6.07 Å². The highest BCUT2D eigenvalue weighted by Crippen LogP contribution is 2.36. The minimum absolute atomic E-state index is 0. The first-order chi connectivity index (χ1) is 12.3. The molecule has 7 nitrogen and oxygen atoms in total. The number of para-hydroxylation sites is 1. The minimum atomic E-state index is -4.55. The van der Waals surface area contributed by atoms with Crippen LogP contribution in [0.2, 0.25) is 0 Å². The zero-order chi connectivity index (χ0) is 18.8. The van der Waals surface area contributed by atoms with Crippen LogP contribution in [0, 0.1) is 0 Å². The van der Waals surface area contributed by atoms with Gasteiger partial charge < -0.3 is 14.8 Å². The Morgan fingerprint density at radius 3 is 2.52 bits per heavy atom. The summed E-state index contributed by atoms with van der Waals surface area (Å²) in [6.45, 7) is 0.936. The normalized spacial score (nSPS) is 19.2. The Balaban J connectivity index is 0.00000261. The summed E-state index contributed by atoms with van der Waals surface area (Å²) in [6, 6.07) is 2.39. The van der Waals surface area contributed by atoms with Crippen LogP contribution in [0.3, 0.4) is 0 Å². The van der Waals surface area contributed by atoms with Crippen LogP contribution in [-0.4, -0.2) is 71.5 Å². The summed E-state index contributed by atoms with van der Waals surface area (Å²) in [6.07, 6.45) is -4.55. The quantitative estimate of drug-likeness (QED) is 0.724.